The lowest BCUT2D eigenvalue weighted by atomic mass is 9.93. The fourth-order valence-corrected chi connectivity index (χ4v) is 4.53. The highest BCUT2D eigenvalue weighted by atomic mass is 32.2. The monoisotopic (exact) mass is 551 g/mol. The molecule has 0 bridgehead atoms. The summed E-state index contributed by atoms with van der Waals surface area (Å²) in [6.07, 6.45) is 4.07. The van der Waals surface area contributed by atoms with Crippen LogP contribution in [-0.4, -0.2) is 72.6 Å². The molecule has 1 aromatic rings. The van der Waals surface area contributed by atoms with E-state index >= 15 is 0 Å². The van der Waals surface area contributed by atoms with Crippen LogP contribution in [0.1, 0.15) is 76.1 Å². The zero-order valence-electron chi connectivity index (χ0n) is 24.1. The molecule has 38 heavy (non-hydrogen) atoms. The maximum absolute atomic E-state index is 14.2. The van der Waals surface area contributed by atoms with E-state index in [1.165, 1.54) is 7.11 Å². The first kappa shape index (κ1) is 33.3. The Morgan fingerprint density at radius 3 is 2.24 bits per heavy atom. The third-order valence-electron chi connectivity index (χ3n) is 5.90. The van der Waals surface area contributed by atoms with Crippen molar-refractivity contribution in [1.29, 1.82) is 0 Å². The number of hydrogen-bond acceptors (Lipinski definition) is 7. The predicted molar refractivity (Wildman–Crippen MR) is 151 cm³/mol. The molecular weight excluding hydrogens is 506 g/mol. The molecule has 1 aromatic carbocycles. The number of alkyl carbamates (subject to hydrolysis) is 1. The number of amides is 3. The molecule has 214 valence electrons. The highest BCUT2D eigenvalue weighted by molar-refractivity contribution is 7.98. The smallest absolute Gasteiger partial charge is 0.408 e. The van der Waals surface area contributed by atoms with Crippen LogP contribution in [0.25, 0.3) is 0 Å². The van der Waals surface area contributed by atoms with Crippen molar-refractivity contribution >= 4 is 35.6 Å². The standard InChI is InChI=1S/C28H45N3O6S/c1-9-10-11-16-31(26(34)21(15-17-38-8)30-27(35)37-28(4,5)6)24(25(33)29-18-22(32)36-7)23-19(2)13-12-14-20(23)3/h12-14,21,24H,9-11,15-18H2,1-8H3,(H,29,33)(H,30,35). The summed E-state index contributed by atoms with van der Waals surface area (Å²) in [4.78, 5) is 53.8. The van der Waals surface area contributed by atoms with Gasteiger partial charge >= 0.3 is 12.1 Å². The molecule has 2 N–H and O–H groups in total. The van der Waals surface area contributed by atoms with Crippen LogP contribution in [0.2, 0.25) is 0 Å². The molecule has 10 heteroatoms. The Bertz CT molecular complexity index is 927. The first-order valence-electron chi connectivity index (χ1n) is 13.1. The van der Waals surface area contributed by atoms with Gasteiger partial charge < -0.3 is 25.0 Å². The van der Waals surface area contributed by atoms with Gasteiger partial charge in [0.1, 0.15) is 24.2 Å². The van der Waals surface area contributed by atoms with Gasteiger partial charge in [-0.2, -0.15) is 11.8 Å². The van der Waals surface area contributed by atoms with E-state index in [0.29, 0.717) is 30.7 Å². The predicted octanol–water partition coefficient (Wildman–Crippen LogP) is 4.30. The molecule has 0 saturated heterocycles. The van der Waals surface area contributed by atoms with Crippen molar-refractivity contribution in [2.24, 2.45) is 0 Å². The van der Waals surface area contributed by atoms with E-state index < -0.39 is 35.7 Å². The van der Waals surface area contributed by atoms with Crippen molar-refractivity contribution in [2.45, 2.75) is 84.9 Å². The first-order chi connectivity index (χ1) is 17.9. The van der Waals surface area contributed by atoms with Crippen LogP contribution in [-0.2, 0) is 23.9 Å². The number of aryl methyl sites for hydroxylation is 2. The Morgan fingerprint density at radius 1 is 1.08 bits per heavy atom. The summed E-state index contributed by atoms with van der Waals surface area (Å²) in [6.45, 7) is 11.1. The average molecular weight is 552 g/mol. The van der Waals surface area contributed by atoms with Gasteiger partial charge in [0, 0.05) is 6.54 Å². The first-order valence-corrected chi connectivity index (χ1v) is 14.4. The normalized spacial score (nSPS) is 12.7. The largest absolute Gasteiger partial charge is 0.468 e. The van der Waals surface area contributed by atoms with Gasteiger partial charge in [-0.15, -0.1) is 0 Å². The number of carbonyl (C=O) groups is 4. The summed E-state index contributed by atoms with van der Waals surface area (Å²) in [6, 6.07) is 3.79. The number of unbranched alkanes of at least 4 members (excludes halogenated alkanes) is 2. The van der Waals surface area contributed by atoms with Crippen LogP contribution >= 0.6 is 11.8 Å². The van der Waals surface area contributed by atoms with Crippen LogP contribution in [0.3, 0.4) is 0 Å². The maximum atomic E-state index is 14.2. The molecule has 2 atom stereocenters. The van der Waals surface area contributed by atoms with E-state index in [1.54, 1.807) is 37.4 Å². The molecule has 3 amide bonds. The van der Waals surface area contributed by atoms with E-state index in [9.17, 15) is 19.2 Å². The molecule has 0 aromatic heterocycles. The molecule has 2 unspecified atom stereocenters. The average Bonchev–Trinajstić information content (AvgIpc) is 2.84. The van der Waals surface area contributed by atoms with Crippen molar-refractivity contribution in [1.82, 2.24) is 15.5 Å². The van der Waals surface area contributed by atoms with E-state index in [1.807, 2.05) is 38.3 Å². The summed E-state index contributed by atoms with van der Waals surface area (Å²) in [7, 11) is 1.25. The quantitative estimate of drug-likeness (QED) is 0.262. The van der Waals surface area contributed by atoms with Gasteiger partial charge in [0.25, 0.3) is 0 Å². The third-order valence-corrected chi connectivity index (χ3v) is 6.54. The Morgan fingerprint density at radius 2 is 1.71 bits per heavy atom. The topological polar surface area (TPSA) is 114 Å². The number of methoxy groups -OCH3 is 1. The lowest BCUT2D eigenvalue weighted by Crippen LogP contribution is -2.54. The Balaban J connectivity index is 3.56. The molecule has 0 saturated carbocycles. The summed E-state index contributed by atoms with van der Waals surface area (Å²) in [5.74, 6) is -0.829. The van der Waals surface area contributed by atoms with E-state index in [0.717, 1.165) is 24.0 Å². The molecule has 1 rings (SSSR count). The number of rotatable bonds is 14. The summed E-state index contributed by atoms with van der Waals surface area (Å²) in [5, 5.41) is 5.38. The lowest BCUT2D eigenvalue weighted by molar-refractivity contribution is -0.144. The molecule has 0 spiro atoms. The zero-order valence-corrected chi connectivity index (χ0v) is 25.0. The summed E-state index contributed by atoms with van der Waals surface area (Å²) < 4.78 is 10.1. The van der Waals surface area contributed by atoms with Crippen LogP contribution < -0.4 is 10.6 Å². The van der Waals surface area contributed by atoms with Crippen LogP contribution in [0.5, 0.6) is 0 Å². The minimum atomic E-state index is -0.998. The fourth-order valence-electron chi connectivity index (χ4n) is 4.06. The SMILES string of the molecule is CCCCCN(C(=O)C(CCSC)NC(=O)OC(C)(C)C)C(C(=O)NCC(=O)OC)c1c(C)cccc1C. The molecular formula is C28H45N3O6S. The third kappa shape index (κ3) is 10.9. The molecule has 0 aliphatic rings. The number of ether oxygens (including phenoxy) is 2. The van der Waals surface area contributed by atoms with E-state index in [4.69, 9.17) is 4.74 Å². The van der Waals surface area contributed by atoms with Gasteiger partial charge in [-0.1, -0.05) is 38.0 Å². The van der Waals surface area contributed by atoms with E-state index in [-0.39, 0.29) is 12.5 Å². The van der Waals surface area contributed by atoms with Crippen molar-refractivity contribution < 1.29 is 28.7 Å². The number of carbonyl (C=O) groups excluding carboxylic acids is 4. The van der Waals surface area contributed by atoms with Gasteiger partial charge in [-0.05, 0) is 76.2 Å². The zero-order chi connectivity index (χ0) is 28.9. The van der Waals surface area contributed by atoms with Crippen LogP contribution in [0.15, 0.2) is 18.2 Å². The fraction of sp³-hybridized carbons (Fsp3) is 0.643. The molecule has 0 heterocycles. The van der Waals surface area contributed by atoms with Gasteiger partial charge in [-0.25, -0.2) is 4.79 Å². The van der Waals surface area contributed by atoms with Gasteiger partial charge in [-0.3, -0.25) is 14.4 Å². The highest BCUT2D eigenvalue weighted by Crippen LogP contribution is 2.29. The second-order valence-corrected chi connectivity index (χ2v) is 11.2. The number of nitrogens with one attached hydrogen (secondary N) is 2. The van der Waals surface area contributed by atoms with Crippen LogP contribution in [0, 0.1) is 13.8 Å². The van der Waals surface area contributed by atoms with Gasteiger partial charge in [0.05, 0.1) is 7.11 Å². The minimum Gasteiger partial charge on any atom is -0.468 e. The highest BCUT2D eigenvalue weighted by Gasteiger charge is 2.37. The second kappa shape index (κ2) is 16.3. The minimum absolute atomic E-state index is 0.308. The summed E-state index contributed by atoms with van der Waals surface area (Å²) >= 11 is 1.56. The number of esters is 1. The molecule has 0 aliphatic heterocycles. The van der Waals surface area contributed by atoms with Crippen molar-refractivity contribution in [3.63, 3.8) is 0 Å². The molecule has 0 fully saturated rings. The van der Waals surface area contributed by atoms with Crippen molar-refractivity contribution in [3.8, 4) is 0 Å². The Hall–Kier alpha value is -2.75. The van der Waals surface area contributed by atoms with Gasteiger partial charge in [0.2, 0.25) is 11.8 Å². The molecule has 0 radical (unpaired) electrons. The molecule has 0 aliphatic carbocycles. The number of benzene rings is 1. The Kier molecular flexibility index (Phi) is 14.2. The number of nitrogens with zero attached hydrogens (tertiary/aromatic N) is 1. The maximum Gasteiger partial charge on any atom is 0.408 e. The lowest BCUT2D eigenvalue weighted by Gasteiger charge is -2.35. The Labute approximate surface area is 231 Å². The van der Waals surface area contributed by atoms with E-state index in [2.05, 4.69) is 22.3 Å². The van der Waals surface area contributed by atoms with Crippen LogP contribution in [0.4, 0.5) is 4.79 Å². The summed E-state index contributed by atoms with van der Waals surface area (Å²) in [5.41, 5.74) is 1.65. The van der Waals surface area contributed by atoms with Gasteiger partial charge in [0.15, 0.2) is 0 Å². The second-order valence-electron chi connectivity index (χ2n) is 10.2. The van der Waals surface area contributed by atoms with Crippen molar-refractivity contribution in [2.75, 3.05) is 32.2 Å². The van der Waals surface area contributed by atoms with Crippen molar-refractivity contribution in [3.05, 3.63) is 34.9 Å². The number of hydrogen-bond donors (Lipinski definition) is 2. The molecule has 9 nitrogen and oxygen atoms in total. The number of thioether (sulfide) groups is 1.